The molecule has 2 N–H and O–H groups in total. The van der Waals surface area contributed by atoms with Gasteiger partial charge in [0.25, 0.3) is 0 Å². The van der Waals surface area contributed by atoms with E-state index in [1.165, 1.54) is 0 Å². The minimum absolute atomic E-state index is 0.159. The van der Waals surface area contributed by atoms with Crippen LogP contribution in [-0.2, 0) is 6.42 Å². The Labute approximate surface area is 116 Å². The zero-order valence-corrected chi connectivity index (χ0v) is 11.3. The van der Waals surface area contributed by atoms with Crippen molar-refractivity contribution in [3.05, 3.63) is 42.1 Å². The van der Waals surface area contributed by atoms with Crippen LogP contribution in [0.3, 0.4) is 0 Å². The number of aliphatic hydroxyl groups is 1. The average Bonchev–Trinajstić information content (AvgIpc) is 2.92. The van der Waals surface area contributed by atoms with E-state index in [1.54, 1.807) is 6.33 Å². The summed E-state index contributed by atoms with van der Waals surface area (Å²) in [7, 11) is 0. The molecule has 0 radical (unpaired) electrons. The lowest BCUT2D eigenvalue weighted by molar-refractivity contribution is 0.287. The fraction of sp³-hybridized carbons (Fsp3) is 0.267. The van der Waals surface area contributed by atoms with Gasteiger partial charge in [-0.1, -0.05) is 6.07 Å². The SMILES string of the molecule is Cc1cc(-c2ccc3nc[nH]c3c2)nc(CCCO)n1. The highest BCUT2D eigenvalue weighted by Crippen LogP contribution is 2.22. The maximum Gasteiger partial charge on any atom is 0.129 e. The number of H-pyrrole nitrogens is 1. The smallest absolute Gasteiger partial charge is 0.129 e. The van der Waals surface area contributed by atoms with Crippen molar-refractivity contribution in [2.24, 2.45) is 0 Å². The van der Waals surface area contributed by atoms with Gasteiger partial charge in [0.05, 0.1) is 23.1 Å². The van der Waals surface area contributed by atoms with Crippen LogP contribution >= 0.6 is 0 Å². The molecule has 1 aromatic carbocycles. The van der Waals surface area contributed by atoms with Crippen molar-refractivity contribution in [1.82, 2.24) is 19.9 Å². The summed E-state index contributed by atoms with van der Waals surface area (Å²) in [4.78, 5) is 16.3. The summed E-state index contributed by atoms with van der Waals surface area (Å²) in [6, 6.07) is 8.01. The lowest BCUT2D eigenvalue weighted by Crippen LogP contribution is -2.00. The first-order valence-electron chi connectivity index (χ1n) is 6.65. The molecule has 3 rings (SSSR count). The second-order valence-electron chi connectivity index (χ2n) is 4.77. The molecule has 2 aromatic heterocycles. The largest absolute Gasteiger partial charge is 0.396 e. The molecule has 102 valence electrons. The summed E-state index contributed by atoms with van der Waals surface area (Å²) < 4.78 is 0. The van der Waals surface area contributed by atoms with Crippen molar-refractivity contribution in [3.63, 3.8) is 0 Å². The zero-order valence-electron chi connectivity index (χ0n) is 11.3. The predicted octanol–water partition coefficient (Wildman–Crippen LogP) is 2.25. The molecule has 5 nitrogen and oxygen atoms in total. The third-order valence-corrected chi connectivity index (χ3v) is 3.18. The number of benzene rings is 1. The highest BCUT2D eigenvalue weighted by atomic mass is 16.2. The topological polar surface area (TPSA) is 74.7 Å². The van der Waals surface area contributed by atoms with Crippen LogP contribution in [0.25, 0.3) is 22.3 Å². The number of aromatic amines is 1. The van der Waals surface area contributed by atoms with E-state index >= 15 is 0 Å². The Morgan fingerprint density at radius 1 is 1.20 bits per heavy atom. The molecule has 0 amide bonds. The Kier molecular flexibility index (Phi) is 3.43. The normalized spacial score (nSPS) is 11.1. The molecule has 0 saturated heterocycles. The van der Waals surface area contributed by atoms with Crippen LogP contribution in [0.2, 0.25) is 0 Å². The first kappa shape index (κ1) is 12.7. The van der Waals surface area contributed by atoms with Crippen molar-refractivity contribution < 1.29 is 5.11 Å². The van der Waals surface area contributed by atoms with Gasteiger partial charge < -0.3 is 10.1 Å². The van der Waals surface area contributed by atoms with E-state index in [1.807, 2.05) is 31.2 Å². The number of rotatable bonds is 4. The zero-order chi connectivity index (χ0) is 13.9. The van der Waals surface area contributed by atoms with Crippen LogP contribution in [0.1, 0.15) is 17.9 Å². The van der Waals surface area contributed by atoms with E-state index in [0.29, 0.717) is 12.8 Å². The van der Waals surface area contributed by atoms with Crippen LogP contribution < -0.4 is 0 Å². The number of aryl methyl sites for hydroxylation is 2. The van der Waals surface area contributed by atoms with Gasteiger partial charge in [0.15, 0.2) is 0 Å². The van der Waals surface area contributed by atoms with Gasteiger partial charge in [-0.05, 0) is 31.5 Å². The number of nitrogens with one attached hydrogen (secondary N) is 1. The van der Waals surface area contributed by atoms with E-state index in [-0.39, 0.29) is 6.61 Å². The number of aliphatic hydroxyl groups excluding tert-OH is 1. The minimum atomic E-state index is 0.159. The molecule has 3 aromatic rings. The molecule has 20 heavy (non-hydrogen) atoms. The predicted molar refractivity (Wildman–Crippen MR) is 77.3 cm³/mol. The Bertz CT molecular complexity index is 736. The molecule has 0 aliphatic rings. The fourth-order valence-electron chi connectivity index (χ4n) is 2.22. The van der Waals surface area contributed by atoms with E-state index < -0.39 is 0 Å². The lowest BCUT2D eigenvalue weighted by Gasteiger charge is -2.06. The van der Waals surface area contributed by atoms with E-state index in [2.05, 4.69) is 19.9 Å². The van der Waals surface area contributed by atoms with Gasteiger partial charge in [-0.25, -0.2) is 15.0 Å². The summed E-state index contributed by atoms with van der Waals surface area (Å²) in [5, 5.41) is 8.91. The monoisotopic (exact) mass is 268 g/mol. The van der Waals surface area contributed by atoms with E-state index in [4.69, 9.17) is 5.11 Å². The third-order valence-electron chi connectivity index (χ3n) is 3.18. The maximum atomic E-state index is 8.91. The molecule has 0 aliphatic carbocycles. The standard InChI is InChI=1S/C15H16N4O/c1-10-7-13(19-15(18-10)3-2-6-20)11-4-5-12-14(8-11)17-9-16-12/h4-5,7-9,20H,2-3,6H2,1H3,(H,16,17). The van der Waals surface area contributed by atoms with Gasteiger partial charge in [0.1, 0.15) is 5.82 Å². The highest BCUT2D eigenvalue weighted by molar-refractivity contribution is 5.80. The third kappa shape index (κ3) is 2.53. The maximum absolute atomic E-state index is 8.91. The summed E-state index contributed by atoms with van der Waals surface area (Å²) in [6.07, 6.45) is 3.06. The van der Waals surface area contributed by atoms with Crippen molar-refractivity contribution >= 4 is 11.0 Å². The van der Waals surface area contributed by atoms with Crippen LogP contribution in [0.4, 0.5) is 0 Å². The second-order valence-corrected chi connectivity index (χ2v) is 4.77. The van der Waals surface area contributed by atoms with Crippen LogP contribution in [-0.4, -0.2) is 31.6 Å². The Morgan fingerprint density at radius 3 is 2.95 bits per heavy atom. The molecule has 0 unspecified atom stereocenters. The molecule has 2 heterocycles. The number of imidazole rings is 1. The molecule has 0 saturated carbocycles. The Morgan fingerprint density at radius 2 is 2.10 bits per heavy atom. The first-order valence-corrected chi connectivity index (χ1v) is 6.65. The summed E-state index contributed by atoms with van der Waals surface area (Å²) >= 11 is 0. The van der Waals surface area contributed by atoms with Crippen LogP contribution in [0.5, 0.6) is 0 Å². The molecule has 0 fully saturated rings. The molecular formula is C15H16N4O. The van der Waals surface area contributed by atoms with Crippen molar-refractivity contribution in [2.75, 3.05) is 6.61 Å². The van der Waals surface area contributed by atoms with Crippen molar-refractivity contribution in [1.29, 1.82) is 0 Å². The van der Waals surface area contributed by atoms with Gasteiger partial charge in [0.2, 0.25) is 0 Å². The van der Waals surface area contributed by atoms with Crippen molar-refractivity contribution in [3.8, 4) is 11.3 Å². The quantitative estimate of drug-likeness (QED) is 0.761. The summed E-state index contributed by atoms with van der Waals surface area (Å²) in [6.45, 7) is 2.12. The molecular weight excluding hydrogens is 252 g/mol. The number of hydrogen-bond donors (Lipinski definition) is 2. The van der Waals surface area contributed by atoms with Crippen molar-refractivity contribution in [2.45, 2.75) is 19.8 Å². The molecule has 0 bridgehead atoms. The van der Waals surface area contributed by atoms with Gasteiger partial charge in [-0.2, -0.15) is 0 Å². The van der Waals surface area contributed by atoms with Gasteiger partial charge in [-0.15, -0.1) is 0 Å². The number of fused-ring (bicyclic) bond motifs is 1. The number of hydrogen-bond acceptors (Lipinski definition) is 4. The molecule has 0 atom stereocenters. The van der Waals surface area contributed by atoms with E-state index in [0.717, 1.165) is 33.8 Å². The summed E-state index contributed by atoms with van der Waals surface area (Å²) in [5.74, 6) is 0.777. The first-order chi connectivity index (χ1) is 9.76. The highest BCUT2D eigenvalue weighted by Gasteiger charge is 2.06. The minimum Gasteiger partial charge on any atom is -0.396 e. The van der Waals surface area contributed by atoms with Crippen LogP contribution in [0.15, 0.2) is 30.6 Å². The molecule has 0 aliphatic heterocycles. The second kappa shape index (κ2) is 5.38. The fourth-order valence-corrected chi connectivity index (χ4v) is 2.22. The molecule has 5 heteroatoms. The van der Waals surface area contributed by atoms with Gasteiger partial charge in [-0.3, -0.25) is 0 Å². The summed E-state index contributed by atoms with van der Waals surface area (Å²) in [5.41, 5.74) is 4.82. The van der Waals surface area contributed by atoms with E-state index in [9.17, 15) is 0 Å². The Balaban J connectivity index is 2.01. The van der Waals surface area contributed by atoms with Gasteiger partial charge >= 0.3 is 0 Å². The lowest BCUT2D eigenvalue weighted by atomic mass is 10.1. The number of aromatic nitrogens is 4. The van der Waals surface area contributed by atoms with Crippen LogP contribution in [0, 0.1) is 6.92 Å². The average molecular weight is 268 g/mol. The molecule has 0 spiro atoms. The Hall–Kier alpha value is -2.27. The van der Waals surface area contributed by atoms with Gasteiger partial charge in [0, 0.05) is 24.3 Å². The number of nitrogens with zero attached hydrogens (tertiary/aromatic N) is 3.